The molecule has 4 aromatic rings. The van der Waals surface area contributed by atoms with Gasteiger partial charge in [-0.15, -0.1) is 0 Å². The molecule has 0 radical (unpaired) electrons. The maximum Gasteiger partial charge on any atom is 0.319 e. The van der Waals surface area contributed by atoms with Crippen LogP contribution in [0.5, 0.6) is 46.0 Å². The highest BCUT2D eigenvalue weighted by Gasteiger charge is 2.72. The summed E-state index contributed by atoms with van der Waals surface area (Å²) in [6, 6.07) is 14.4. The zero-order chi connectivity index (χ0) is 28.8. The number of carbonyl (C=O) groups excluding carboxylic acids is 1. The molecule has 0 saturated heterocycles. The van der Waals surface area contributed by atoms with Crippen molar-refractivity contribution in [2.45, 2.75) is 30.0 Å². The number of Topliss-reactive ketones (excluding diaryl/α,β-unsaturated/α-hetero) is 1. The number of hydrogen-bond acceptors (Lipinski definition) is 11. The second-order valence-electron chi connectivity index (χ2n) is 10.2. The number of ether oxygens (including phenoxy) is 3. The minimum Gasteiger partial charge on any atom is -0.508 e. The molecule has 0 aliphatic carbocycles. The summed E-state index contributed by atoms with van der Waals surface area (Å²) >= 11 is 0. The Hall–Kier alpha value is -5.13. The van der Waals surface area contributed by atoms with E-state index in [0.29, 0.717) is 5.56 Å². The Morgan fingerprint density at radius 1 is 0.756 bits per heavy atom. The van der Waals surface area contributed by atoms with Crippen molar-refractivity contribution in [2.24, 2.45) is 0 Å². The molecule has 11 nitrogen and oxygen atoms in total. The molecule has 0 amide bonds. The predicted molar refractivity (Wildman–Crippen MR) is 138 cm³/mol. The van der Waals surface area contributed by atoms with Gasteiger partial charge in [0.2, 0.25) is 11.4 Å². The number of carbonyl (C=O) groups is 1. The van der Waals surface area contributed by atoms with E-state index in [9.17, 15) is 40.5 Å². The third-order valence-electron chi connectivity index (χ3n) is 7.77. The Morgan fingerprint density at radius 2 is 1.39 bits per heavy atom. The second-order valence-corrected chi connectivity index (χ2v) is 10.2. The Bertz CT molecular complexity index is 1750. The van der Waals surface area contributed by atoms with Crippen LogP contribution in [0.4, 0.5) is 0 Å². The summed E-state index contributed by atoms with van der Waals surface area (Å²) in [5.41, 5.74) is -2.73. The second kappa shape index (κ2) is 8.19. The van der Waals surface area contributed by atoms with Crippen molar-refractivity contribution in [1.82, 2.24) is 0 Å². The van der Waals surface area contributed by atoms with Gasteiger partial charge in [-0.05, 0) is 42.0 Å². The lowest BCUT2D eigenvalue weighted by Crippen LogP contribution is -2.60. The highest BCUT2D eigenvalue weighted by Crippen LogP contribution is 2.64. The van der Waals surface area contributed by atoms with Crippen LogP contribution in [0, 0.1) is 0 Å². The summed E-state index contributed by atoms with van der Waals surface area (Å²) in [6.07, 6.45) is -2.31. The molecule has 0 bridgehead atoms. The number of benzene rings is 4. The predicted octanol–water partition coefficient (Wildman–Crippen LogP) is 2.96. The summed E-state index contributed by atoms with van der Waals surface area (Å²) in [4.78, 5) is 14.3. The number of phenolic OH excluding ortho intramolecular Hbond substituents is 5. The lowest BCUT2D eigenvalue weighted by Gasteiger charge is -2.44. The SMILES string of the molecule is O=C1c2c(O)cc(O)cc2O[C@@]2(c3ccc(O)cc3)Oc3cc(O)c4c(c3[C@@]12O)O[C@@H](c1ccc(O)cc1)[C@H](O)C4. The molecule has 0 aromatic heterocycles. The molecular formula is C30H22O11. The van der Waals surface area contributed by atoms with Gasteiger partial charge in [0.05, 0.1) is 11.7 Å². The van der Waals surface area contributed by atoms with Gasteiger partial charge in [-0.1, -0.05) is 12.1 Å². The van der Waals surface area contributed by atoms with E-state index in [2.05, 4.69) is 0 Å². The van der Waals surface area contributed by atoms with Crippen molar-refractivity contribution >= 4 is 5.78 Å². The van der Waals surface area contributed by atoms with Crippen LogP contribution in [0.2, 0.25) is 0 Å². The summed E-state index contributed by atoms with van der Waals surface area (Å²) in [6.45, 7) is 0. The fourth-order valence-electron chi connectivity index (χ4n) is 5.88. The molecule has 208 valence electrons. The van der Waals surface area contributed by atoms with Crippen LogP contribution in [0.3, 0.4) is 0 Å². The highest BCUT2D eigenvalue weighted by atomic mass is 16.7. The van der Waals surface area contributed by atoms with Crippen molar-refractivity contribution in [2.75, 3.05) is 0 Å². The normalized spacial score (nSPS) is 25.6. The third-order valence-corrected chi connectivity index (χ3v) is 7.77. The molecule has 3 aliphatic heterocycles. The van der Waals surface area contributed by atoms with Crippen molar-refractivity contribution in [3.05, 3.63) is 94.5 Å². The minimum absolute atomic E-state index is 0.00570. The van der Waals surface area contributed by atoms with Crippen LogP contribution in [-0.4, -0.2) is 47.6 Å². The molecule has 3 heterocycles. The summed E-state index contributed by atoms with van der Waals surface area (Å²) in [5, 5.41) is 74.8. The molecule has 7 rings (SSSR count). The van der Waals surface area contributed by atoms with E-state index >= 15 is 0 Å². The third kappa shape index (κ3) is 3.24. The average molecular weight is 558 g/mol. The molecular weight excluding hydrogens is 536 g/mol. The van der Waals surface area contributed by atoms with Gasteiger partial charge in [0.25, 0.3) is 0 Å². The van der Waals surface area contributed by atoms with Crippen LogP contribution in [-0.2, 0) is 17.8 Å². The highest BCUT2D eigenvalue weighted by molar-refractivity contribution is 6.10. The number of aliphatic hydroxyl groups excluding tert-OH is 1. The van der Waals surface area contributed by atoms with Gasteiger partial charge in [-0.25, -0.2) is 0 Å². The summed E-state index contributed by atoms with van der Waals surface area (Å²) in [7, 11) is 0. The largest absolute Gasteiger partial charge is 0.508 e. The van der Waals surface area contributed by atoms with E-state index in [-0.39, 0.29) is 57.6 Å². The van der Waals surface area contributed by atoms with Crippen molar-refractivity contribution in [3.8, 4) is 46.0 Å². The van der Waals surface area contributed by atoms with Crippen LogP contribution in [0.15, 0.2) is 66.7 Å². The Morgan fingerprint density at radius 3 is 2.07 bits per heavy atom. The smallest absolute Gasteiger partial charge is 0.319 e. The zero-order valence-corrected chi connectivity index (χ0v) is 21.0. The molecule has 11 heteroatoms. The number of ketones is 1. The van der Waals surface area contributed by atoms with Gasteiger partial charge >= 0.3 is 5.79 Å². The van der Waals surface area contributed by atoms with Gasteiger partial charge in [0.1, 0.15) is 57.7 Å². The van der Waals surface area contributed by atoms with E-state index in [1.807, 2.05) is 0 Å². The lowest BCUT2D eigenvalue weighted by molar-refractivity contribution is -0.218. The van der Waals surface area contributed by atoms with Crippen LogP contribution in [0.25, 0.3) is 0 Å². The molecule has 0 unspecified atom stereocenters. The topological polar surface area (TPSA) is 186 Å². The summed E-state index contributed by atoms with van der Waals surface area (Å²) < 4.78 is 18.6. The van der Waals surface area contributed by atoms with Crippen LogP contribution < -0.4 is 14.2 Å². The quantitative estimate of drug-likeness (QED) is 0.192. The maximum absolute atomic E-state index is 14.3. The first-order valence-electron chi connectivity index (χ1n) is 12.6. The first-order chi connectivity index (χ1) is 19.5. The summed E-state index contributed by atoms with van der Waals surface area (Å²) in [5.74, 6) is -5.54. The number of aliphatic hydroxyl groups is 2. The van der Waals surface area contributed by atoms with Gasteiger partial charge in [0.15, 0.2) is 0 Å². The Kier molecular flexibility index (Phi) is 4.97. The number of aromatic hydroxyl groups is 5. The van der Waals surface area contributed by atoms with Gasteiger partial charge in [-0.2, -0.15) is 0 Å². The molecule has 4 aromatic carbocycles. The molecule has 4 atom stereocenters. The zero-order valence-electron chi connectivity index (χ0n) is 21.0. The van der Waals surface area contributed by atoms with Crippen LogP contribution in [0.1, 0.15) is 38.7 Å². The Balaban J connectivity index is 1.49. The molecule has 0 spiro atoms. The molecule has 41 heavy (non-hydrogen) atoms. The number of rotatable bonds is 2. The standard InChI is InChI=1S/C30H22O11/c31-15-5-1-13(2-6-15)26-21(36)11-18-19(34)12-23-25(27(18)39-26)29(38)28(37)24-20(35)9-17(33)10-22(24)40-30(29,41-23)14-3-7-16(32)8-4-14/h1-10,12,21,26,31-36,38H,11H2/t21-,26+,29-,30+/m1/s1. The van der Waals surface area contributed by atoms with Gasteiger partial charge in [0, 0.05) is 35.7 Å². The number of hydrogen-bond donors (Lipinski definition) is 7. The molecule has 3 aliphatic rings. The van der Waals surface area contributed by atoms with Crippen molar-refractivity contribution < 1.29 is 54.8 Å². The van der Waals surface area contributed by atoms with Crippen molar-refractivity contribution in [3.63, 3.8) is 0 Å². The average Bonchev–Trinajstić information content (AvgIpc) is 3.18. The van der Waals surface area contributed by atoms with Crippen LogP contribution >= 0.6 is 0 Å². The number of phenols is 5. The Labute approximate surface area is 231 Å². The van der Waals surface area contributed by atoms with E-state index in [0.717, 1.165) is 12.1 Å². The number of fused-ring (bicyclic) bond motifs is 6. The molecule has 7 N–H and O–H groups in total. The first kappa shape index (κ1) is 24.9. The fourth-order valence-corrected chi connectivity index (χ4v) is 5.88. The monoisotopic (exact) mass is 558 g/mol. The minimum atomic E-state index is -2.74. The van der Waals surface area contributed by atoms with Gasteiger partial charge in [-0.3, -0.25) is 4.79 Å². The van der Waals surface area contributed by atoms with E-state index in [1.165, 1.54) is 42.5 Å². The van der Waals surface area contributed by atoms with E-state index in [1.54, 1.807) is 12.1 Å². The van der Waals surface area contributed by atoms with E-state index in [4.69, 9.17) is 14.2 Å². The lowest BCUT2D eigenvalue weighted by atomic mass is 9.74. The molecule has 0 fully saturated rings. The van der Waals surface area contributed by atoms with E-state index < -0.39 is 46.4 Å². The maximum atomic E-state index is 14.3. The first-order valence-corrected chi connectivity index (χ1v) is 12.6. The van der Waals surface area contributed by atoms with Crippen molar-refractivity contribution in [1.29, 1.82) is 0 Å². The van der Waals surface area contributed by atoms with Gasteiger partial charge < -0.3 is 50.0 Å². The fraction of sp³-hybridized carbons (Fsp3) is 0.167. The molecule has 0 saturated carbocycles.